The lowest BCUT2D eigenvalue weighted by Gasteiger charge is -2.15. The van der Waals surface area contributed by atoms with E-state index >= 15 is 0 Å². The second kappa shape index (κ2) is 13.2. The lowest BCUT2D eigenvalue weighted by molar-refractivity contribution is 0.670. The van der Waals surface area contributed by atoms with E-state index < -0.39 is 0 Å². The fraction of sp³-hybridized carbons (Fsp3) is 0.0385. The highest BCUT2D eigenvalue weighted by atomic mass is 32.1. The van der Waals surface area contributed by atoms with Crippen LogP contribution in [0.15, 0.2) is 168 Å². The van der Waals surface area contributed by atoms with E-state index in [9.17, 15) is 0 Å². The van der Waals surface area contributed by atoms with Crippen LogP contribution in [0, 0.1) is 0 Å². The molecular weight excluding hydrogens is 729 g/mol. The van der Waals surface area contributed by atoms with E-state index in [4.69, 9.17) is 24.4 Å². The predicted molar refractivity (Wildman–Crippen MR) is 240 cm³/mol. The number of aromatic nitrogens is 4. The lowest BCUT2D eigenvalue weighted by Crippen LogP contribution is -2.01. The zero-order valence-corrected chi connectivity index (χ0v) is 32.0. The van der Waals surface area contributed by atoms with E-state index in [1.807, 2.05) is 41.7 Å². The first kappa shape index (κ1) is 32.9. The van der Waals surface area contributed by atoms with Gasteiger partial charge in [0.05, 0.1) is 11.4 Å². The lowest BCUT2D eigenvalue weighted by atomic mass is 9.93. The summed E-state index contributed by atoms with van der Waals surface area (Å²) in [6, 6.07) is 54.9. The number of hydrogen-bond donors (Lipinski definition) is 0. The SMILES string of the molecule is C1=Cc2c(nc(-c3ccc(-c4nc(-c5ccccc5)nc(-c5ccc(-c6cccc7c6oc6ccccc67)c6ccccc56)n4)cc3)c3c2sc2ccccc23)CC1. The first-order chi connectivity index (χ1) is 28.7. The van der Waals surface area contributed by atoms with Crippen molar-refractivity contribution in [2.75, 3.05) is 0 Å². The topological polar surface area (TPSA) is 64.7 Å². The zero-order valence-electron chi connectivity index (χ0n) is 31.2. The van der Waals surface area contributed by atoms with Crippen molar-refractivity contribution in [1.29, 1.82) is 0 Å². The minimum Gasteiger partial charge on any atom is -0.455 e. The third-order valence-electron chi connectivity index (χ3n) is 11.4. The zero-order chi connectivity index (χ0) is 38.2. The first-order valence-electron chi connectivity index (χ1n) is 19.6. The van der Waals surface area contributed by atoms with Crippen LogP contribution >= 0.6 is 11.3 Å². The number of thiophene rings is 1. The molecule has 0 saturated carbocycles. The summed E-state index contributed by atoms with van der Waals surface area (Å²) in [6.45, 7) is 0. The third kappa shape index (κ3) is 5.22. The molecule has 12 rings (SSSR count). The highest BCUT2D eigenvalue weighted by Crippen LogP contribution is 2.44. The highest BCUT2D eigenvalue weighted by Gasteiger charge is 2.22. The Kier molecular flexibility index (Phi) is 7.46. The molecule has 0 spiro atoms. The van der Waals surface area contributed by atoms with Crippen LogP contribution in [-0.2, 0) is 6.42 Å². The van der Waals surface area contributed by atoms with Crippen LogP contribution in [0.1, 0.15) is 17.7 Å². The normalized spacial score (nSPS) is 12.6. The fourth-order valence-electron chi connectivity index (χ4n) is 8.65. The van der Waals surface area contributed by atoms with E-state index in [-0.39, 0.29) is 0 Å². The van der Waals surface area contributed by atoms with Crippen LogP contribution in [0.4, 0.5) is 0 Å². The number of hydrogen-bond acceptors (Lipinski definition) is 6. The van der Waals surface area contributed by atoms with Gasteiger partial charge in [0, 0.05) is 64.3 Å². The van der Waals surface area contributed by atoms with Gasteiger partial charge in [0.25, 0.3) is 0 Å². The quantitative estimate of drug-likeness (QED) is 0.175. The maximum absolute atomic E-state index is 6.49. The van der Waals surface area contributed by atoms with Gasteiger partial charge in [-0.3, -0.25) is 4.98 Å². The Hall–Kier alpha value is -7.28. The van der Waals surface area contributed by atoms with Crippen LogP contribution in [-0.4, -0.2) is 19.9 Å². The van der Waals surface area contributed by atoms with Crippen molar-refractivity contribution in [2.45, 2.75) is 12.8 Å². The molecule has 0 atom stereocenters. The van der Waals surface area contributed by atoms with Crippen LogP contribution < -0.4 is 0 Å². The molecule has 6 heteroatoms. The van der Waals surface area contributed by atoms with E-state index in [0.29, 0.717) is 17.5 Å². The Morgan fingerprint density at radius 1 is 0.466 bits per heavy atom. The molecule has 0 radical (unpaired) electrons. The molecule has 272 valence electrons. The molecule has 4 aromatic heterocycles. The van der Waals surface area contributed by atoms with Gasteiger partial charge in [-0.1, -0.05) is 152 Å². The van der Waals surface area contributed by atoms with Crippen molar-refractivity contribution in [3.05, 3.63) is 175 Å². The predicted octanol–water partition coefficient (Wildman–Crippen LogP) is 14.0. The molecule has 5 nitrogen and oxygen atoms in total. The Labute approximate surface area is 337 Å². The Bertz CT molecular complexity index is 3450. The van der Waals surface area contributed by atoms with Crippen LogP contribution in [0.25, 0.3) is 116 Å². The van der Waals surface area contributed by atoms with Crippen molar-refractivity contribution in [2.24, 2.45) is 0 Å². The Balaban J connectivity index is 1.01. The van der Waals surface area contributed by atoms with Crippen molar-refractivity contribution >= 4 is 70.3 Å². The smallest absolute Gasteiger partial charge is 0.164 e. The second-order valence-corrected chi connectivity index (χ2v) is 15.9. The first-order valence-corrected chi connectivity index (χ1v) is 20.4. The molecule has 4 heterocycles. The summed E-state index contributed by atoms with van der Waals surface area (Å²) in [5, 5.41) is 6.84. The molecule has 0 N–H and O–H groups in total. The molecule has 0 amide bonds. The number of furan rings is 1. The van der Waals surface area contributed by atoms with Crippen molar-refractivity contribution < 1.29 is 4.42 Å². The number of pyridine rings is 1. The number of nitrogens with zero attached hydrogens (tertiary/aromatic N) is 4. The summed E-state index contributed by atoms with van der Waals surface area (Å²) in [5.74, 6) is 1.86. The third-order valence-corrected chi connectivity index (χ3v) is 12.6. The standard InChI is InChI=1S/C52H32N4OS/c1-2-13-32(14-3-1)50-54-51(33-27-25-31(26-28-33)47-46-42-19-8-11-24-45(42)58-49(46)41-18-6-9-22-43(41)53-47)56-52(55-50)40-30-29-36(34-15-4-5-16-35(34)40)38-20-12-21-39-37-17-7-10-23-44(37)57-48(38)39/h1-8,10-21,23-30H,9,22H2. The minimum absolute atomic E-state index is 0.616. The van der Waals surface area contributed by atoms with Gasteiger partial charge < -0.3 is 4.42 Å². The number of rotatable bonds is 5. The minimum atomic E-state index is 0.616. The summed E-state index contributed by atoms with van der Waals surface area (Å²) in [7, 11) is 0. The summed E-state index contributed by atoms with van der Waals surface area (Å²) in [4.78, 5) is 20.8. The van der Waals surface area contributed by atoms with Crippen molar-refractivity contribution in [3.63, 3.8) is 0 Å². The molecule has 1 aliphatic carbocycles. The molecule has 0 fully saturated rings. The van der Waals surface area contributed by atoms with Gasteiger partial charge in [-0.25, -0.2) is 15.0 Å². The van der Waals surface area contributed by atoms with E-state index in [1.165, 1.54) is 31.4 Å². The number of fused-ring (bicyclic) bond motifs is 9. The number of aryl methyl sites for hydroxylation is 1. The molecule has 0 bridgehead atoms. The highest BCUT2D eigenvalue weighted by molar-refractivity contribution is 7.26. The van der Waals surface area contributed by atoms with Gasteiger partial charge in [-0.2, -0.15) is 0 Å². The van der Waals surface area contributed by atoms with Crippen molar-refractivity contribution in [1.82, 2.24) is 19.9 Å². The molecule has 7 aromatic carbocycles. The Morgan fingerprint density at radius 2 is 1.10 bits per heavy atom. The van der Waals surface area contributed by atoms with E-state index in [2.05, 4.69) is 140 Å². The molecule has 11 aromatic rings. The molecular formula is C52H32N4OS. The van der Waals surface area contributed by atoms with E-state index in [0.717, 1.165) is 84.6 Å². The Morgan fingerprint density at radius 3 is 1.93 bits per heavy atom. The monoisotopic (exact) mass is 760 g/mol. The number of benzene rings is 7. The average Bonchev–Trinajstić information content (AvgIpc) is 3.88. The summed E-state index contributed by atoms with van der Waals surface area (Å²) in [5.41, 5.74) is 11.2. The maximum atomic E-state index is 6.49. The molecule has 58 heavy (non-hydrogen) atoms. The van der Waals surface area contributed by atoms with Crippen LogP contribution in [0.2, 0.25) is 0 Å². The number of para-hydroxylation sites is 2. The van der Waals surface area contributed by atoms with E-state index in [1.54, 1.807) is 0 Å². The average molecular weight is 761 g/mol. The van der Waals surface area contributed by atoms with Gasteiger partial charge in [-0.05, 0) is 47.4 Å². The molecule has 0 unspecified atom stereocenters. The van der Waals surface area contributed by atoms with Gasteiger partial charge in [0.1, 0.15) is 11.2 Å². The van der Waals surface area contributed by atoms with Gasteiger partial charge in [0.15, 0.2) is 17.5 Å². The summed E-state index contributed by atoms with van der Waals surface area (Å²) < 4.78 is 9.08. The van der Waals surface area contributed by atoms with Gasteiger partial charge in [0.2, 0.25) is 0 Å². The fourth-order valence-corrected chi connectivity index (χ4v) is 9.90. The maximum Gasteiger partial charge on any atom is 0.164 e. The van der Waals surface area contributed by atoms with Gasteiger partial charge >= 0.3 is 0 Å². The molecule has 1 aliphatic rings. The molecule has 0 aliphatic heterocycles. The summed E-state index contributed by atoms with van der Waals surface area (Å²) >= 11 is 1.86. The van der Waals surface area contributed by atoms with Crippen LogP contribution in [0.3, 0.4) is 0 Å². The summed E-state index contributed by atoms with van der Waals surface area (Å²) in [6.07, 6.45) is 6.49. The number of allylic oxidation sites excluding steroid dienone is 1. The van der Waals surface area contributed by atoms with Crippen molar-refractivity contribution in [3.8, 4) is 56.5 Å². The molecule has 0 saturated heterocycles. The largest absolute Gasteiger partial charge is 0.455 e. The van der Waals surface area contributed by atoms with Gasteiger partial charge in [-0.15, -0.1) is 11.3 Å². The second-order valence-electron chi connectivity index (χ2n) is 14.8. The van der Waals surface area contributed by atoms with Crippen LogP contribution in [0.5, 0.6) is 0 Å².